The monoisotopic (exact) mass is 304 g/mol. The van der Waals surface area contributed by atoms with Crippen LogP contribution in [0.15, 0.2) is 42.6 Å². The van der Waals surface area contributed by atoms with E-state index < -0.39 is 0 Å². The topological polar surface area (TPSA) is 50.3 Å². The molecule has 2 bridgehead atoms. The first-order valence-electron chi connectivity index (χ1n) is 8.07. The summed E-state index contributed by atoms with van der Waals surface area (Å²) in [4.78, 5) is 31.8. The third-order valence-corrected chi connectivity index (χ3v) is 5.68. The van der Waals surface area contributed by atoms with Crippen molar-refractivity contribution in [2.75, 3.05) is 4.90 Å². The van der Waals surface area contributed by atoms with Crippen molar-refractivity contribution in [1.29, 1.82) is 0 Å². The Morgan fingerprint density at radius 2 is 1.74 bits per heavy atom. The minimum absolute atomic E-state index is 0.0485. The van der Waals surface area contributed by atoms with E-state index in [1.54, 1.807) is 6.20 Å². The highest BCUT2D eigenvalue weighted by atomic mass is 16.2. The largest absolute Gasteiger partial charge is 0.274 e. The maximum absolute atomic E-state index is 13.0. The van der Waals surface area contributed by atoms with E-state index in [4.69, 9.17) is 0 Å². The minimum Gasteiger partial charge on any atom is -0.274 e. The van der Waals surface area contributed by atoms with Crippen molar-refractivity contribution in [2.45, 2.75) is 13.3 Å². The number of hydrogen-bond acceptors (Lipinski definition) is 3. The number of anilines is 1. The smallest absolute Gasteiger partial charge is 0.238 e. The Labute approximate surface area is 133 Å². The molecule has 1 aromatic carbocycles. The van der Waals surface area contributed by atoms with Crippen LogP contribution in [0.5, 0.6) is 0 Å². The molecule has 0 radical (unpaired) electrons. The zero-order valence-electron chi connectivity index (χ0n) is 12.8. The van der Waals surface area contributed by atoms with Crippen LogP contribution in [0.2, 0.25) is 0 Å². The van der Waals surface area contributed by atoms with Crippen molar-refractivity contribution in [3.8, 4) is 0 Å². The zero-order chi connectivity index (χ0) is 15.7. The van der Waals surface area contributed by atoms with Gasteiger partial charge in [-0.05, 0) is 42.9 Å². The molecule has 23 heavy (non-hydrogen) atoms. The maximum atomic E-state index is 13.0. The first-order chi connectivity index (χ1) is 11.2. The molecule has 1 saturated carbocycles. The standard InChI is InChI=1S/C19H16N2O2/c1-10-7-8-20-17-13(10)3-2-4-14(17)21-18(22)15-11-5-6-12(9-11)16(15)19(21)23/h2-8,11-12,15-16H,9H2,1H3/t11-,12-,15-,16-/m0/s1. The van der Waals surface area contributed by atoms with Gasteiger partial charge in [0.25, 0.3) is 0 Å². The number of hydrogen-bond donors (Lipinski definition) is 0. The number of allylic oxidation sites excluding steroid dienone is 2. The van der Waals surface area contributed by atoms with Gasteiger partial charge in [-0.3, -0.25) is 14.6 Å². The van der Waals surface area contributed by atoms with Crippen molar-refractivity contribution in [1.82, 2.24) is 4.98 Å². The lowest BCUT2D eigenvalue weighted by Gasteiger charge is -2.19. The summed E-state index contributed by atoms with van der Waals surface area (Å²) in [5.41, 5.74) is 2.46. The Bertz CT molecular complexity index is 871. The van der Waals surface area contributed by atoms with Crippen LogP contribution in [0.1, 0.15) is 12.0 Å². The number of pyridine rings is 1. The number of rotatable bonds is 1. The average Bonchev–Trinajstić information content (AvgIpc) is 3.22. The molecule has 4 heteroatoms. The van der Waals surface area contributed by atoms with Gasteiger partial charge >= 0.3 is 0 Å². The highest BCUT2D eigenvalue weighted by Gasteiger charge is 2.59. The van der Waals surface area contributed by atoms with E-state index in [9.17, 15) is 9.59 Å². The lowest BCUT2D eigenvalue weighted by molar-refractivity contribution is -0.123. The molecule has 2 aromatic rings. The molecule has 0 spiro atoms. The lowest BCUT2D eigenvalue weighted by atomic mass is 9.85. The number of aromatic nitrogens is 1. The molecule has 1 aromatic heterocycles. The van der Waals surface area contributed by atoms with E-state index in [-0.39, 0.29) is 35.5 Å². The quantitative estimate of drug-likeness (QED) is 0.601. The minimum atomic E-state index is -0.169. The summed E-state index contributed by atoms with van der Waals surface area (Å²) in [6.45, 7) is 2.01. The number of aryl methyl sites for hydroxylation is 1. The summed E-state index contributed by atoms with van der Waals surface area (Å²) in [7, 11) is 0. The predicted molar refractivity (Wildman–Crippen MR) is 86.7 cm³/mol. The number of para-hydroxylation sites is 1. The Morgan fingerprint density at radius 1 is 1.04 bits per heavy atom. The second-order valence-electron chi connectivity index (χ2n) is 6.81. The van der Waals surface area contributed by atoms with Gasteiger partial charge in [0.1, 0.15) is 0 Å². The number of imide groups is 1. The Kier molecular flexibility index (Phi) is 2.42. The molecule has 2 amide bonds. The predicted octanol–water partition coefficient (Wildman–Crippen LogP) is 2.85. The second-order valence-corrected chi connectivity index (χ2v) is 6.81. The van der Waals surface area contributed by atoms with E-state index >= 15 is 0 Å². The fourth-order valence-electron chi connectivity index (χ4n) is 4.62. The number of carbonyl (C=O) groups is 2. The van der Waals surface area contributed by atoms with Crippen LogP contribution in [0.4, 0.5) is 5.69 Å². The van der Waals surface area contributed by atoms with Gasteiger partial charge in [-0.2, -0.15) is 0 Å². The van der Waals surface area contributed by atoms with Crippen molar-refractivity contribution in [2.24, 2.45) is 23.7 Å². The molecule has 0 N–H and O–H groups in total. The van der Waals surface area contributed by atoms with Crippen molar-refractivity contribution in [3.63, 3.8) is 0 Å². The van der Waals surface area contributed by atoms with Crippen molar-refractivity contribution >= 4 is 28.4 Å². The SMILES string of the molecule is Cc1ccnc2c(N3C(=O)[C@@H]4[C@@H](C3=O)[C@H]3C=C[C@H]4C3)cccc12. The molecule has 114 valence electrons. The van der Waals surface area contributed by atoms with Crippen LogP contribution in [0.25, 0.3) is 10.9 Å². The molecule has 0 unspecified atom stereocenters. The average molecular weight is 304 g/mol. The van der Waals surface area contributed by atoms with Gasteiger partial charge in [0.15, 0.2) is 0 Å². The number of amides is 2. The summed E-state index contributed by atoms with van der Waals surface area (Å²) >= 11 is 0. The molecular weight excluding hydrogens is 288 g/mol. The molecule has 2 fully saturated rings. The molecule has 4 nitrogen and oxygen atoms in total. The third-order valence-electron chi connectivity index (χ3n) is 5.68. The second kappa shape index (κ2) is 4.28. The van der Waals surface area contributed by atoms with Crippen LogP contribution in [-0.2, 0) is 9.59 Å². The number of carbonyl (C=O) groups excluding carboxylic acids is 2. The fourth-order valence-corrected chi connectivity index (χ4v) is 4.62. The van der Waals surface area contributed by atoms with E-state index in [1.165, 1.54) is 4.90 Å². The highest BCUT2D eigenvalue weighted by Crippen LogP contribution is 2.53. The molecule has 2 aliphatic carbocycles. The van der Waals surface area contributed by atoms with Crippen LogP contribution in [-0.4, -0.2) is 16.8 Å². The first kappa shape index (κ1) is 13.0. The van der Waals surface area contributed by atoms with Gasteiger partial charge in [0, 0.05) is 11.6 Å². The van der Waals surface area contributed by atoms with Crippen LogP contribution in [0, 0.1) is 30.6 Å². The molecule has 5 rings (SSSR count). The van der Waals surface area contributed by atoms with Crippen molar-refractivity contribution < 1.29 is 9.59 Å². The Hall–Kier alpha value is -2.49. The highest BCUT2D eigenvalue weighted by molar-refractivity contribution is 6.25. The Morgan fingerprint density at radius 3 is 2.43 bits per heavy atom. The van der Waals surface area contributed by atoms with Crippen molar-refractivity contribution in [3.05, 3.63) is 48.2 Å². The number of fused-ring (bicyclic) bond motifs is 6. The summed E-state index contributed by atoms with van der Waals surface area (Å²) < 4.78 is 0. The molecule has 3 aliphatic rings. The van der Waals surface area contributed by atoms with E-state index in [1.807, 2.05) is 31.2 Å². The van der Waals surface area contributed by atoms with Crippen LogP contribution >= 0.6 is 0 Å². The Balaban J connectivity index is 1.68. The van der Waals surface area contributed by atoms with Gasteiger partial charge in [0.05, 0.1) is 23.0 Å². The van der Waals surface area contributed by atoms with Crippen LogP contribution in [0.3, 0.4) is 0 Å². The molecule has 4 atom stereocenters. The normalized spacial score (nSPS) is 31.4. The zero-order valence-corrected chi connectivity index (χ0v) is 12.8. The molecule has 1 aliphatic heterocycles. The van der Waals surface area contributed by atoms with Gasteiger partial charge in [-0.15, -0.1) is 0 Å². The van der Waals surface area contributed by atoms with Gasteiger partial charge in [-0.25, -0.2) is 4.90 Å². The van der Waals surface area contributed by atoms with Gasteiger partial charge in [0.2, 0.25) is 11.8 Å². The van der Waals surface area contributed by atoms with Crippen LogP contribution < -0.4 is 4.90 Å². The number of benzene rings is 1. The number of nitrogens with zero attached hydrogens (tertiary/aromatic N) is 2. The molecule has 2 heterocycles. The molecular formula is C19H16N2O2. The van der Waals surface area contributed by atoms with Gasteiger partial charge in [-0.1, -0.05) is 24.3 Å². The van der Waals surface area contributed by atoms with E-state index in [0.717, 1.165) is 22.9 Å². The first-order valence-corrected chi connectivity index (χ1v) is 8.07. The summed E-state index contributed by atoms with van der Waals surface area (Å²) in [5, 5.41) is 0.990. The van der Waals surface area contributed by atoms with Gasteiger partial charge < -0.3 is 0 Å². The lowest BCUT2D eigenvalue weighted by Crippen LogP contribution is -2.33. The summed E-state index contributed by atoms with van der Waals surface area (Å²) in [6.07, 6.45) is 6.92. The fraction of sp³-hybridized carbons (Fsp3) is 0.316. The summed E-state index contributed by atoms with van der Waals surface area (Å²) in [5.74, 6) is 0.0303. The van der Waals surface area contributed by atoms with E-state index in [0.29, 0.717) is 5.69 Å². The van der Waals surface area contributed by atoms with E-state index in [2.05, 4.69) is 17.1 Å². The third kappa shape index (κ3) is 1.53. The maximum Gasteiger partial charge on any atom is 0.238 e. The summed E-state index contributed by atoms with van der Waals surface area (Å²) in [6, 6.07) is 7.66. The molecule has 1 saturated heterocycles.